The van der Waals surface area contributed by atoms with Crippen LogP contribution in [0.25, 0.3) is 0 Å². The van der Waals surface area contributed by atoms with E-state index in [1.165, 1.54) is 0 Å². The number of nitrogens with one attached hydrogen (secondary N) is 1. The van der Waals surface area contributed by atoms with Crippen molar-refractivity contribution in [2.24, 2.45) is 0 Å². The fraction of sp³-hybridized carbons (Fsp3) is 0.533. The van der Waals surface area contributed by atoms with Gasteiger partial charge in [0.1, 0.15) is 16.5 Å². The molecule has 25 heavy (non-hydrogen) atoms. The van der Waals surface area contributed by atoms with Crippen LogP contribution in [0.15, 0.2) is 23.1 Å². The number of piperazine rings is 1. The Balaban J connectivity index is 1.95. The van der Waals surface area contributed by atoms with Crippen molar-refractivity contribution in [3.63, 3.8) is 0 Å². The second-order valence-electron chi connectivity index (χ2n) is 5.54. The summed E-state index contributed by atoms with van der Waals surface area (Å²) in [6.07, 6.45) is 3.04. The molecule has 0 amide bonds. The topological polar surface area (TPSA) is 52.6 Å². The first kappa shape index (κ1) is 20.3. The van der Waals surface area contributed by atoms with Crippen molar-refractivity contribution in [1.82, 2.24) is 14.5 Å². The molecule has 2 rings (SSSR count). The summed E-state index contributed by atoms with van der Waals surface area (Å²) >= 11 is 7.08. The largest absolute Gasteiger partial charge is 0.363 e. The first-order valence-corrected chi connectivity index (χ1v) is 11.1. The molecule has 0 bridgehead atoms. The lowest BCUT2D eigenvalue weighted by Gasteiger charge is -2.35. The molecule has 10 heteroatoms. The van der Waals surface area contributed by atoms with Crippen LogP contribution < -0.4 is 5.32 Å². The van der Waals surface area contributed by atoms with Crippen LogP contribution in [0.3, 0.4) is 0 Å². The van der Waals surface area contributed by atoms with Crippen LogP contribution in [0, 0.1) is 11.6 Å². The van der Waals surface area contributed by atoms with E-state index in [2.05, 4.69) is 5.32 Å². The molecule has 1 aliphatic rings. The predicted octanol–water partition coefficient (Wildman–Crippen LogP) is 1.90. The first-order valence-electron chi connectivity index (χ1n) is 7.83. The van der Waals surface area contributed by atoms with E-state index < -0.39 is 26.6 Å². The third kappa shape index (κ3) is 5.25. The second-order valence-corrected chi connectivity index (χ2v) is 8.82. The normalized spacial score (nSPS) is 16.0. The summed E-state index contributed by atoms with van der Waals surface area (Å²) < 4.78 is 53.3. The third-order valence-corrected chi connectivity index (χ3v) is 6.85. The molecule has 0 aromatic heterocycles. The van der Waals surface area contributed by atoms with E-state index in [-0.39, 0.29) is 13.1 Å². The number of thioether (sulfide) groups is 1. The molecular formula is C15H21F2N3O2S3. The van der Waals surface area contributed by atoms with Crippen molar-refractivity contribution in [1.29, 1.82) is 0 Å². The highest BCUT2D eigenvalue weighted by molar-refractivity contribution is 7.98. The lowest BCUT2D eigenvalue weighted by molar-refractivity contribution is 0.263. The summed E-state index contributed by atoms with van der Waals surface area (Å²) in [5.41, 5.74) is 0. The SMILES string of the molecule is CSCCCNC(=S)N1CCN(S(=O)(=O)c2cc(F)ccc2F)CC1. The minimum Gasteiger partial charge on any atom is -0.363 e. The van der Waals surface area contributed by atoms with Crippen LogP contribution in [0.2, 0.25) is 0 Å². The maximum absolute atomic E-state index is 13.8. The Bertz CT molecular complexity index is 708. The molecule has 1 aromatic rings. The average Bonchev–Trinajstić information content (AvgIpc) is 2.60. The number of hydrogen-bond acceptors (Lipinski definition) is 4. The third-order valence-electron chi connectivity index (χ3n) is 3.84. The van der Waals surface area contributed by atoms with Crippen molar-refractivity contribution in [2.45, 2.75) is 11.3 Å². The zero-order valence-corrected chi connectivity index (χ0v) is 16.3. The Labute approximate surface area is 156 Å². The highest BCUT2D eigenvalue weighted by Gasteiger charge is 2.31. The van der Waals surface area contributed by atoms with E-state index in [0.717, 1.165) is 41.2 Å². The quantitative estimate of drug-likeness (QED) is 0.572. The fourth-order valence-corrected chi connectivity index (χ4v) is 4.68. The van der Waals surface area contributed by atoms with Crippen LogP contribution in [0.4, 0.5) is 8.78 Å². The van der Waals surface area contributed by atoms with Gasteiger partial charge in [-0.05, 0) is 48.8 Å². The van der Waals surface area contributed by atoms with E-state index in [0.29, 0.717) is 18.2 Å². The molecule has 1 aliphatic heterocycles. The van der Waals surface area contributed by atoms with Crippen molar-refractivity contribution in [2.75, 3.05) is 44.7 Å². The van der Waals surface area contributed by atoms with Crippen LogP contribution in [-0.4, -0.2) is 67.5 Å². The number of rotatable bonds is 6. The maximum Gasteiger partial charge on any atom is 0.246 e. The Kier molecular flexibility index (Phi) is 7.41. The number of nitrogens with zero attached hydrogens (tertiary/aromatic N) is 2. The summed E-state index contributed by atoms with van der Waals surface area (Å²) in [6, 6.07) is 2.44. The second kappa shape index (κ2) is 9.11. The lowest BCUT2D eigenvalue weighted by Crippen LogP contribution is -2.53. The molecule has 1 saturated heterocycles. The van der Waals surface area contributed by atoms with Gasteiger partial charge in [-0.1, -0.05) is 0 Å². The highest BCUT2D eigenvalue weighted by atomic mass is 32.2. The minimum absolute atomic E-state index is 0.172. The van der Waals surface area contributed by atoms with Gasteiger partial charge < -0.3 is 10.2 Å². The number of thiocarbonyl (C=S) groups is 1. The molecule has 0 saturated carbocycles. The maximum atomic E-state index is 13.8. The lowest BCUT2D eigenvalue weighted by atomic mass is 10.3. The highest BCUT2D eigenvalue weighted by Crippen LogP contribution is 2.21. The number of halogens is 2. The summed E-state index contributed by atoms with van der Waals surface area (Å²) in [6.45, 7) is 1.93. The van der Waals surface area contributed by atoms with Crippen molar-refractivity contribution < 1.29 is 17.2 Å². The molecule has 1 fully saturated rings. The zero-order chi connectivity index (χ0) is 18.4. The molecule has 140 valence electrons. The van der Waals surface area contributed by atoms with Gasteiger partial charge in [0.25, 0.3) is 0 Å². The minimum atomic E-state index is -4.06. The van der Waals surface area contributed by atoms with Gasteiger partial charge in [0.15, 0.2) is 5.11 Å². The molecule has 0 aliphatic carbocycles. The Morgan fingerprint density at radius 1 is 1.28 bits per heavy atom. The van der Waals surface area contributed by atoms with Gasteiger partial charge in [0.05, 0.1) is 0 Å². The van der Waals surface area contributed by atoms with E-state index in [9.17, 15) is 17.2 Å². The van der Waals surface area contributed by atoms with E-state index >= 15 is 0 Å². The van der Waals surface area contributed by atoms with Gasteiger partial charge in [-0.2, -0.15) is 16.1 Å². The Hall–Kier alpha value is -0.970. The van der Waals surface area contributed by atoms with E-state index in [1.54, 1.807) is 11.8 Å². The van der Waals surface area contributed by atoms with Gasteiger partial charge in [-0.3, -0.25) is 0 Å². The van der Waals surface area contributed by atoms with E-state index in [4.69, 9.17) is 12.2 Å². The van der Waals surface area contributed by atoms with Crippen molar-refractivity contribution >= 4 is 39.1 Å². The number of hydrogen-bond donors (Lipinski definition) is 1. The number of benzene rings is 1. The molecule has 0 atom stereocenters. The number of sulfonamides is 1. The average molecular weight is 410 g/mol. The van der Waals surface area contributed by atoms with E-state index in [1.807, 2.05) is 11.2 Å². The van der Waals surface area contributed by atoms with Crippen LogP contribution in [0.1, 0.15) is 6.42 Å². The summed E-state index contributed by atoms with van der Waals surface area (Å²) in [5.74, 6) is -0.690. The van der Waals surface area contributed by atoms with Crippen molar-refractivity contribution in [3.05, 3.63) is 29.8 Å². The predicted molar refractivity (Wildman–Crippen MR) is 100 cm³/mol. The smallest absolute Gasteiger partial charge is 0.246 e. The van der Waals surface area contributed by atoms with Crippen LogP contribution in [-0.2, 0) is 10.0 Å². The van der Waals surface area contributed by atoms with Crippen molar-refractivity contribution in [3.8, 4) is 0 Å². The standard InChI is InChI=1S/C15H21F2N3O2S3/c1-24-10-2-5-18-15(23)19-6-8-20(9-7-19)25(21,22)14-11-12(16)3-4-13(14)17/h3-4,11H,2,5-10H2,1H3,(H,18,23). The summed E-state index contributed by atoms with van der Waals surface area (Å²) in [4.78, 5) is 1.27. The molecule has 1 aromatic carbocycles. The van der Waals surface area contributed by atoms with Gasteiger partial charge in [0.2, 0.25) is 10.0 Å². The molecule has 0 unspecified atom stereocenters. The fourth-order valence-electron chi connectivity index (χ4n) is 2.47. The molecule has 1 N–H and O–H groups in total. The van der Waals surface area contributed by atoms with Crippen LogP contribution in [0.5, 0.6) is 0 Å². The molecule has 5 nitrogen and oxygen atoms in total. The molecular weight excluding hydrogens is 388 g/mol. The molecule has 1 heterocycles. The van der Waals surface area contributed by atoms with Crippen LogP contribution >= 0.6 is 24.0 Å². The monoisotopic (exact) mass is 409 g/mol. The van der Waals surface area contributed by atoms with Gasteiger partial charge in [-0.25, -0.2) is 17.2 Å². The zero-order valence-electron chi connectivity index (χ0n) is 13.9. The molecule has 0 radical (unpaired) electrons. The first-order chi connectivity index (χ1) is 11.9. The summed E-state index contributed by atoms with van der Waals surface area (Å²) in [5, 5.41) is 3.75. The van der Waals surface area contributed by atoms with Gasteiger partial charge in [-0.15, -0.1) is 0 Å². The summed E-state index contributed by atoms with van der Waals surface area (Å²) in [7, 11) is -4.06. The Morgan fingerprint density at radius 3 is 2.60 bits per heavy atom. The molecule has 0 spiro atoms. The van der Waals surface area contributed by atoms with Gasteiger partial charge >= 0.3 is 0 Å². The van der Waals surface area contributed by atoms with Gasteiger partial charge in [0, 0.05) is 32.7 Å². The Morgan fingerprint density at radius 2 is 1.96 bits per heavy atom.